The fraction of sp³-hybridized carbons (Fsp3) is 0.233. The van der Waals surface area contributed by atoms with Crippen LogP contribution in [-0.2, 0) is 0 Å². The monoisotopic (exact) mass is 541 g/mol. The average Bonchev–Trinajstić information content (AvgIpc) is 3.21. The predicted octanol–water partition coefficient (Wildman–Crippen LogP) is 3.42. The van der Waals surface area contributed by atoms with Gasteiger partial charge in [0.1, 0.15) is 22.2 Å². The molecule has 9 heteroatoms. The maximum absolute atomic E-state index is 13.1. The summed E-state index contributed by atoms with van der Waals surface area (Å²) < 4.78 is 2.80. The predicted molar refractivity (Wildman–Crippen MR) is 156 cm³/mol. The van der Waals surface area contributed by atoms with Crippen molar-refractivity contribution in [1.82, 2.24) is 9.71 Å². The van der Waals surface area contributed by atoms with E-state index in [4.69, 9.17) is 4.84 Å². The molecule has 1 aliphatic carbocycles. The van der Waals surface area contributed by atoms with Crippen LogP contribution in [0.25, 0.3) is 5.57 Å². The summed E-state index contributed by atoms with van der Waals surface area (Å²) in [4.78, 5) is 25.0. The average molecular weight is 542 g/mol. The number of aromatic nitrogens is 2. The van der Waals surface area contributed by atoms with Gasteiger partial charge in [-0.15, -0.1) is 4.73 Å². The van der Waals surface area contributed by atoms with E-state index in [1.165, 1.54) is 28.7 Å². The zero-order valence-corrected chi connectivity index (χ0v) is 24.3. The van der Waals surface area contributed by atoms with Crippen LogP contribution < -0.4 is 14.9 Å². The highest BCUT2D eigenvalue weighted by molar-refractivity contribution is 6.98. The molecule has 0 bridgehead atoms. The number of fused-ring (bicyclic) bond motifs is 2. The number of aromatic hydroxyl groups is 2. The van der Waals surface area contributed by atoms with Crippen molar-refractivity contribution in [3.63, 3.8) is 0 Å². The second kappa shape index (κ2) is 9.43. The van der Waals surface area contributed by atoms with Gasteiger partial charge in [0.2, 0.25) is 11.8 Å². The van der Waals surface area contributed by atoms with Crippen LogP contribution in [0.15, 0.2) is 71.6 Å². The first-order valence-corrected chi connectivity index (χ1v) is 15.7. The van der Waals surface area contributed by atoms with E-state index in [0.717, 1.165) is 39.4 Å². The van der Waals surface area contributed by atoms with E-state index in [-0.39, 0.29) is 17.3 Å². The number of benzene rings is 1. The van der Waals surface area contributed by atoms with E-state index in [0.29, 0.717) is 4.73 Å². The van der Waals surface area contributed by atoms with Crippen molar-refractivity contribution >= 4 is 36.2 Å². The van der Waals surface area contributed by atoms with Crippen LogP contribution in [0.4, 0.5) is 5.69 Å². The first-order valence-electron chi connectivity index (χ1n) is 12.7. The first kappa shape index (κ1) is 26.2. The van der Waals surface area contributed by atoms with Gasteiger partial charge in [0.05, 0.1) is 5.56 Å². The van der Waals surface area contributed by atoms with Crippen LogP contribution >= 0.6 is 0 Å². The number of anilines is 1. The summed E-state index contributed by atoms with van der Waals surface area (Å²) in [5.41, 5.74) is 7.38. The van der Waals surface area contributed by atoms with Crippen LogP contribution in [0.2, 0.25) is 13.1 Å². The van der Waals surface area contributed by atoms with Gasteiger partial charge >= 0.3 is 5.97 Å². The molecule has 0 unspecified atom stereocenters. The van der Waals surface area contributed by atoms with Crippen molar-refractivity contribution in [2.24, 2.45) is 0 Å². The number of rotatable bonds is 4. The summed E-state index contributed by atoms with van der Waals surface area (Å²) in [6.45, 7) is 6.70. The number of carbonyl (C=O) groups is 1. The molecule has 1 aliphatic heterocycles. The highest BCUT2D eigenvalue weighted by Crippen LogP contribution is 2.42. The van der Waals surface area contributed by atoms with Gasteiger partial charge < -0.3 is 20.0 Å². The maximum atomic E-state index is 13.1. The molecule has 1 aromatic carbocycles. The lowest BCUT2D eigenvalue weighted by Gasteiger charge is -2.38. The quantitative estimate of drug-likeness (QED) is 0.389. The largest absolute Gasteiger partial charge is 0.492 e. The maximum Gasteiger partial charge on any atom is 0.365 e. The highest BCUT2D eigenvalue weighted by Gasteiger charge is 2.40. The summed E-state index contributed by atoms with van der Waals surface area (Å²) in [5, 5.41) is 22.5. The third-order valence-corrected chi connectivity index (χ3v) is 11.0. The van der Waals surface area contributed by atoms with Crippen molar-refractivity contribution in [2.75, 3.05) is 33.1 Å². The van der Waals surface area contributed by atoms with E-state index in [1.54, 1.807) is 6.07 Å². The van der Waals surface area contributed by atoms with Gasteiger partial charge in [-0.05, 0) is 58.3 Å². The number of nitrogens with zero attached hydrogens (tertiary/aromatic N) is 4. The Hall–Kier alpha value is -4.37. The molecule has 2 N–H and O–H groups in total. The zero-order valence-electron chi connectivity index (χ0n) is 23.3. The molecular formula is C30H33N4O4Si+. The molecule has 0 radical (unpaired) electrons. The molecular weight excluding hydrogens is 508 g/mol. The fourth-order valence-electron chi connectivity index (χ4n) is 5.20. The Morgan fingerprint density at radius 1 is 1.03 bits per heavy atom. The molecule has 200 valence electrons. The summed E-state index contributed by atoms with van der Waals surface area (Å²) in [6.07, 6.45) is 8.05. The lowest BCUT2D eigenvalue weighted by molar-refractivity contribution is -0.462. The van der Waals surface area contributed by atoms with Crippen molar-refractivity contribution in [3.05, 3.63) is 94.0 Å². The summed E-state index contributed by atoms with van der Waals surface area (Å²) >= 11 is 0. The second-order valence-corrected chi connectivity index (χ2v) is 15.2. The van der Waals surface area contributed by atoms with Crippen molar-refractivity contribution in [3.8, 4) is 11.8 Å². The smallest absolute Gasteiger partial charge is 0.365 e. The molecule has 0 fully saturated rings. The lowest BCUT2D eigenvalue weighted by Crippen LogP contribution is -2.49. The van der Waals surface area contributed by atoms with E-state index in [9.17, 15) is 15.0 Å². The normalized spacial score (nSPS) is 15.5. The third kappa shape index (κ3) is 4.38. The number of aryl methyl sites for hydroxylation is 1. The summed E-state index contributed by atoms with van der Waals surface area (Å²) in [6, 6.07) is 10.9. The fourth-order valence-corrected chi connectivity index (χ4v) is 8.27. The molecule has 8 nitrogen and oxygen atoms in total. The number of pyridine rings is 1. The minimum atomic E-state index is -2.11. The van der Waals surface area contributed by atoms with E-state index >= 15 is 0 Å². The number of carbonyl (C=O) groups excluding carboxylic acids is 1. The molecule has 0 saturated heterocycles. The van der Waals surface area contributed by atoms with Gasteiger partial charge in [-0.2, -0.15) is 0 Å². The second-order valence-electron chi connectivity index (χ2n) is 10.8. The Balaban J connectivity index is 1.73. The molecule has 2 aromatic heterocycles. The summed E-state index contributed by atoms with van der Waals surface area (Å²) in [5.74, 6) is -1.51. The third-order valence-electron chi connectivity index (χ3n) is 7.49. The molecule has 0 saturated carbocycles. The Labute approximate surface area is 229 Å². The van der Waals surface area contributed by atoms with E-state index < -0.39 is 14.0 Å². The Morgan fingerprint density at radius 3 is 2.36 bits per heavy atom. The van der Waals surface area contributed by atoms with Gasteiger partial charge in [-0.3, -0.25) is 4.98 Å². The zero-order chi connectivity index (χ0) is 28.2. The van der Waals surface area contributed by atoms with Crippen LogP contribution in [0.5, 0.6) is 11.8 Å². The molecule has 0 amide bonds. The van der Waals surface area contributed by atoms with E-state index in [1.807, 2.05) is 35.1 Å². The van der Waals surface area contributed by atoms with Crippen LogP contribution in [-0.4, -0.2) is 72.4 Å². The van der Waals surface area contributed by atoms with E-state index in [2.05, 4.69) is 64.0 Å². The molecule has 0 spiro atoms. The number of allylic oxidation sites excluding steroid dienone is 5. The van der Waals surface area contributed by atoms with Gasteiger partial charge in [0, 0.05) is 61.5 Å². The topological polar surface area (TPSA) is 90.8 Å². The minimum Gasteiger partial charge on any atom is -0.492 e. The van der Waals surface area contributed by atoms with Gasteiger partial charge in [0.15, 0.2) is 5.71 Å². The Bertz CT molecular complexity index is 1630. The summed E-state index contributed by atoms with van der Waals surface area (Å²) in [7, 11) is 6.07. The van der Waals surface area contributed by atoms with Crippen molar-refractivity contribution < 1.29 is 24.4 Å². The van der Waals surface area contributed by atoms with Crippen LogP contribution in [0.1, 0.15) is 27.2 Å². The molecule has 5 rings (SSSR count). The van der Waals surface area contributed by atoms with Crippen LogP contribution in [0, 0.1) is 6.92 Å². The molecule has 39 heavy (non-hydrogen) atoms. The van der Waals surface area contributed by atoms with Crippen LogP contribution in [0.3, 0.4) is 0 Å². The molecule has 0 atom stereocenters. The molecule has 3 aromatic rings. The molecule has 3 heterocycles. The number of hydrogen-bond acceptors (Lipinski definition) is 6. The molecule has 2 aliphatic rings. The SMILES string of the molecule is Cc1ncc(C(=O)On2c(O)ccc2O)cc1C1=C2C=CC(=[N+](C)C)C=C2[Si](C)(C)c2cc(N(C)C)ccc21. The standard InChI is InChI=1S/C30H32N4O4Si/c1-18-24(14-19(17-31-18)30(37)38-34-27(35)12-13-28(34)36)29-22-10-8-20(32(2)3)15-25(22)39(6,7)26-16-21(33(4)5)9-11-23(26)29/h8-17H,1-7H3,(H-,35,36)/p+1. The highest BCUT2D eigenvalue weighted by atomic mass is 28.3. The Kier molecular flexibility index (Phi) is 6.34. The van der Waals surface area contributed by atoms with Crippen molar-refractivity contribution in [1.29, 1.82) is 0 Å². The van der Waals surface area contributed by atoms with Crippen molar-refractivity contribution in [2.45, 2.75) is 20.0 Å². The van der Waals surface area contributed by atoms with Gasteiger partial charge in [0.25, 0.3) is 0 Å². The van der Waals surface area contributed by atoms with Gasteiger partial charge in [-0.25, -0.2) is 9.37 Å². The minimum absolute atomic E-state index is 0.204. The Morgan fingerprint density at radius 2 is 1.72 bits per heavy atom. The first-order chi connectivity index (χ1) is 18.4. The van der Waals surface area contributed by atoms with Gasteiger partial charge in [-0.1, -0.05) is 19.2 Å². The number of hydrogen-bond donors (Lipinski definition) is 2. The lowest BCUT2D eigenvalue weighted by atomic mass is 9.88.